The molecule has 9 heteroatoms. The molecule has 0 spiro atoms. The minimum absolute atomic E-state index is 0.0436. The van der Waals surface area contributed by atoms with Crippen molar-refractivity contribution in [1.29, 1.82) is 0 Å². The highest BCUT2D eigenvalue weighted by molar-refractivity contribution is 6.06. The van der Waals surface area contributed by atoms with Crippen molar-refractivity contribution in [1.82, 2.24) is 14.3 Å². The molecule has 0 aliphatic carbocycles. The molecular weight excluding hydrogens is 404 g/mol. The molecule has 0 saturated carbocycles. The molecule has 0 bridgehead atoms. The fraction of sp³-hybridized carbons (Fsp3) is 0.0455. The molecule has 0 aliphatic rings. The van der Waals surface area contributed by atoms with E-state index in [9.17, 15) is 18.4 Å². The number of carbonyl (C=O) groups excluding carboxylic acids is 2. The summed E-state index contributed by atoms with van der Waals surface area (Å²) in [7, 11) is 0. The molecule has 31 heavy (non-hydrogen) atoms. The van der Waals surface area contributed by atoms with E-state index in [-0.39, 0.29) is 17.1 Å². The van der Waals surface area contributed by atoms with Crippen molar-refractivity contribution < 1.29 is 18.4 Å². The Hall–Kier alpha value is -4.27. The summed E-state index contributed by atoms with van der Waals surface area (Å²) in [4.78, 5) is 24.3. The van der Waals surface area contributed by atoms with E-state index in [0.29, 0.717) is 17.2 Å². The van der Waals surface area contributed by atoms with E-state index in [1.165, 1.54) is 42.1 Å². The molecule has 0 unspecified atom stereocenters. The number of hydrogen-bond donors (Lipinski definition) is 2. The maximum atomic E-state index is 13.9. The number of hydrogen-bond acceptors (Lipinski definition) is 3. The van der Waals surface area contributed by atoms with E-state index in [1.807, 2.05) is 0 Å². The molecule has 2 heterocycles. The van der Waals surface area contributed by atoms with Gasteiger partial charge in [-0.1, -0.05) is 0 Å². The summed E-state index contributed by atoms with van der Waals surface area (Å²) < 4.78 is 30.5. The van der Waals surface area contributed by atoms with Gasteiger partial charge in [0, 0.05) is 25.0 Å². The van der Waals surface area contributed by atoms with Crippen LogP contribution >= 0.6 is 0 Å². The topological polar surface area (TPSA) is 81.0 Å². The summed E-state index contributed by atoms with van der Waals surface area (Å²) in [6.45, 7) is 1.26. The lowest BCUT2D eigenvalue weighted by atomic mass is 10.2. The quantitative estimate of drug-likeness (QED) is 0.508. The Morgan fingerprint density at radius 1 is 0.968 bits per heavy atom. The number of rotatable bonds is 5. The largest absolute Gasteiger partial charge is 0.324 e. The summed E-state index contributed by atoms with van der Waals surface area (Å²) >= 11 is 0. The Bertz CT molecular complexity index is 1250. The van der Waals surface area contributed by atoms with Crippen molar-refractivity contribution >= 4 is 23.2 Å². The Labute approximate surface area is 175 Å². The molecule has 0 saturated heterocycles. The molecular formula is C22H17F2N5O2. The summed E-state index contributed by atoms with van der Waals surface area (Å²) in [5.74, 6) is -1.48. The van der Waals surface area contributed by atoms with Crippen molar-refractivity contribution in [3.63, 3.8) is 0 Å². The first-order valence-corrected chi connectivity index (χ1v) is 9.28. The van der Waals surface area contributed by atoms with E-state index < -0.39 is 17.6 Å². The van der Waals surface area contributed by atoms with Crippen LogP contribution in [0.15, 0.2) is 73.2 Å². The Kier molecular flexibility index (Phi) is 5.31. The summed E-state index contributed by atoms with van der Waals surface area (Å²) in [6.07, 6.45) is 4.90. The molecule has 156 valence electrons. The third kappa shape index (κ3) is 4.20. The molecule has 4 rings (SSSR count). The van der Waals surface area contributed by atoms with Crippen molar-refractivity contribution in [3.05, 3.63) is 90.4 Å². The van der Waals surface area contributed by atoms with Gasteiger partial charge in [-0.3, -0.25) is 9.59 Å². The Morgan fingerprint density at radius 3 is 2.35 bits per heavy atom. The number of carbonyl (C=O) groups is 2. The monoisotopic (exact) mass is 421 g/mol. The summed E-state index contributed by atoms with van der Waals surface area (Å²) in [5.41, 5.74) is 1.06. The van der Waals surface area contributed by atoms with E-state index >= 15 is 0 Å². The molecule has 0 radical (unpaired) electrons. The predicted octanol–water partition coefficient (Wildman–Crippen LogP) is 4.15. The van der Waals surface area contributed by atoms with Crippen LogP contribution in [0.3, 0.4) is 0 Å². The predicted molar refractivity (Wildman–Crippen MR) is 112 cm³/mol. The number of aromatic nitrogens is 3. The molecule has 2 aromatic heterocycles. The zero-order valence-electron chi connectivity index (χ0n) is 16.3. The lowest BCUT2D eigenvalue weighted by Gasteiger charge is -2.12. The number of anilines is 2. The van der Waals surface area contributed by atoms with Gasteiger partial charge in [-0.25, -0.2) is 13.5 Å². The van der Waals surface area contributed by atoms with Crippen molar-refractivity contribution in [3.8, 4) is 11.5 Å². The second-order valence-corrected chi connectivity index (χ2v) is 6.69. The van der Waals surface area contributed by atoms with E-state index in [4.69, 9.17) is 0 Å². The molecule has 2 aromatic carbocycles. The number of amides is 2. The third-order valence-electron chi connectivity index (χ3n) is 4.44. The average Bonchev–Trinajstić information content (AvgIpc) is 3.40. The second-order valence-electron chi connectivity index (χ2n) is 6.69. The van der Waals surface area contributed by atoms with Gasteiger partial charge < -0.3 is 15.2 Å². The zero-order chi connectivity index (χ0) is 22.0. The first-order valence-electron chi connectivity index (χ1n) is 9.28. The standard InChI is InChI=1S/C22H17F2N5O2/c1-14(30)26-20-12-16(6-9-19(20)24)27-21(31)18-13-25-29(17-7-4-15(23)5-8-17)22(18)28-10-2-3-11-28/h2-13H,1H3,(H,26,30)(H,27,31). The van der Waals surface area contributed by atoms with Crippen LogP contribution < -0.4 is 10.6 Å². The van der Waals surface area contributed by atoms with E-state index in [1.54, 1.807) is 41.2 Å². The van der Waals surface area contributed by atoms with Gasteiger partial charge in [-0.2, -0.15) is 5.10 Å². The van der Waals surface area contributed by atoms with Crippen LogP contribution in [0.2, 0.25) is 0 Å². The molecule has 7 nitrogen and oxygen atoms in total. The van der Waals surface area contributed by atoms with Gasteiger partial charge in [0.1, 0.15) is 17.2 Å². The number of halogens is 2. The van der Waals surface area contributed by atoms with Gasteiger partial charge in [0.25, 0.3) is 5.91 Å². The maximum Gasteiger partial charge on any atom is 0.261 e. The smallest absolute Gasteiger partial charge is 0.261 e. The minimum atomic E-state index is -0.620. The maximum absolute atomic E-state index is 13.9. The van der Waals surface area contributed by atoms with Crippen LogP contribution in [0.1, 0.15) is 17.3 Å². The van der Waals surface area contributed by atoms with E-state index in [0.717, 1.165) is 6.07 Å². The van der Waals surface area contributed by atoms with Crippen molar-refractivity contribution in [2.75, 3.05) is 10.6 Å². The first-order chi connectivity index (χ1) is 14.9. The van der Waals surface area contributed by atoms with Crippen molar-refractivity contribution in [2.45, 2.75) is 6.92 Å². The van der Waals surface area contributed by atoms with E-state index in [2.05, 4.69) is 15.7 Å². The fourth-order valence-corrected chi connectivity index (χ4v) is 3.08. The van der Waals surface area contributed by atoms with Crippen LogP contribution in [-0.2, 0) is 4.79 Å². The summed E-state index contributed by atoms with van der Waals surface area (Å²) in [5, 5.41) is 9.37. The lowest BCUT2D eigenvalue weighted by molar-refractivity contribution is -0.114. The second kappa shape index (κ2) is 8.23. The normalized spacial score (nSPS) is 10.7. The van der Waals surface area contributed by atoms with Crippen LogP contribution in [-0.4, -0.2) is 26.2 Å². The van der Waals surface area contributed by atoms with Crippen LogP contribution in [0, 0.1) is 11.6 Å². The first kappa shape index (κ1) is 20.0. The third-order valence-corrected chi connectivity index (χ3v) is 4.44. The summed E-state index contributed by atoms with van der Waals surface area (Å²) in [6, 6.07) is 13.2. The number of nitrogens with one attached hydrogen (secondary N) is 2. The zero-order valence-corrected chi connectivity index (χ0v) is 16.3. The molecule has 4 aromatic rings. The average molecular weight is 421 g/mol. The van der Waals surface area contributed by atoms with Gasteiger partial charge in [-0.15, -0.1) is 0 Å². The van der Waals surface area contributed by atoms with Gasteiger partial charge in [0.2, 0.25) is 5.91 Å². The number of nitrogens with zero attached hydrogens (tertiary/aromatic N) is 3. The molecule has 0 atom stereocenters. The highest BCUT2D eigenvalue weighted by Crippen LogP contribution is 2.23. The van der Waals surface area contributed by atoms with Crippen LogP contribution in [0.25, 0.3) is 11.5 Å². The highest BCUT2D eigenvalue weighted by Gasteiger charge is 2.20. The SMILES string of the molecule is CC(=O)Nc1cc(NC(=O)c2cnn(-c3ccc(F)cc3)c2-n2cccc2)ccc1F. The van der Waals surface area contributed by atoms with Gasteiger partial charge in [0.15, 0.2) is 5.82 Å². The van der Waals surface area contributed by atoms with Gasteiger partial charge in [-0.05, 0) is 54.6 Å². The van der Waals surface area contributed by atoms with Crippen molar-refractivity contribution in [2.24, 2.45) is 0 Å². The fourth-order valence-electron chi connectivity index (χ4n) is 3.08. The molecule has 2 N–H and O–H groups in total. The van der Waals surface area contributed by atoms with Gasteiger partial charge >= 0.3 is 0 Å². The van der Waals surface area contributed by atoms with Crippen LogP contribution in [0.4, 0.5) is 20.2 Å². The lowest BCUT2D eigenvalue weighted by Crippen LogP contribution is -2.16. The van der Waals surface area contributed by atoms with Gasteiger partial charge in [0.05, 0.1) is 17.6 Å². The molecule has 0 aliphatic heterocycles. The Morgan fingerprint density at radius 2 is 1.68 bits per heavy atom. The highest BCUT2D eigenvalue weighted by atomic mass is 19.1. The molecule has 2 amide bonds. The Balaban J connectivity index is 1.71. The van der Waals surface area contributed by atoms with Crippen LogP contribution in [0.5, 0.6) is 0 Å². The number of benzene rings is 2. The molecule has 0 fully saturated rings. The minimum Gasteiger partial charge on any atom is -0.324 e.